The molecule has 1 atom stereocenters. The van der Waals surface area contributed by atoms with Gasteiger partial charge in [0.15, 0.2) is 0 Å². The number of carboxylic acids is 2. The molecule has 0 aliphatic heterocycles. The predicted octanol–water partition coefficient (Wildman–Crippen LogP) is -0.468. The van der Waals surface area contributed by atoms with Crippen LogP contribution >= 0.6 is 0 Å². The summed E-state index contributed by atoms with van der Waals surface area (Å²) in [6.45, 7) is -0.260. The molecule has 2 aromatic rings. The number of nitrogens with one attached hydrogen (secondary N) is 3. The smallest absolute Gasteiger partial charge is 0.320 e. The highest BCUT2D eigenvalue weighted by molar-refractivity contribution is 5.78. The first-order valence-corrected chi connectivity index (χ1v) is 7.30. The summed E-state index contributed by atoms with van der Waals surface area (Å²) >= 11 is 0. The fourth-order valence-corrected chi connectivity index (χ4v) is 2.32. The fourth-order valence-electron chi connectivity index (χ4n) is 2.32. The van der Waals surface area contributed by atoms with Crippen molar-refractivity contribution >= 4 is 28.7 Å². The summed E-state index contributed by atoms with van der Waals surface area (Å²) in [5.74, 6) is -2.47. The lowest BCUT2D eigenvalue weighted by molar-refractivity contribution is -0.385. The van der Waals surface area contributed by atoms with Crippen LogP contribution in [0, 0.1) is 10.1 Å². The molecule has 12 heteroatoms. The number of hydrogen-bond acceptors (Lipinski definition) is 7. The number of hydrogen-bond donors (Lipinski definition) is 5. The third kappa shape index (κ3) is 4.30. The molecule has 0 aliphatic carbocycles. The van der Waals surface area contributed by atoms with E-state index in [1.54, 1.807) is 0 Å². The highest BCUT2D eigenvalue weighted by Crippen LogP contribution is 2.23. The molecule has 138 valence electrons. The summed E-state index contributed by atoms with van der Waals surface area (Å²) in [5.41, 5.74) is -2.05. The Morgan fingerprint density at radius 3 is 2.23 bits per heavy atom. The van der Waals surface area contributed by atoms with E-state index in [9.17, 15) is 29.3 Å². The van der Waals surface area contributed by atoms with Crippen molar-refractivity contribution in [2.24, 2.45) is 0 Å². The van der Waals surface area contributed by atoms with E-state index in [0.29, 0.717) is 0 Å². The lowest BCUT2D eigenvalue weighted by Gasteiger charge is -2.14. The summed E-state index contributed by atoms with van der Waals surface area (Å²) in [6.07, 6.45) is -0.603. The van der Waals surface area contributed by atoms with E-state index in [1.165, 1.54) is 6.07 Å². The molecule has 1 heterocycles. The van der Waals surface area contributed by atoms with E-state index in [2.05, 4.69) is 15.3 Å². The Hall–Kier alpha value is -3.54. The van der Waals surface area contributed by atoms with Crippen LogP contribution in [-0.4, -0.2) is 43.1 Å². The Kier molecular flexibility index (Phi) is 5.47. The lowest BCUT2D eigenvalue weighted by Crippen LogP contribution is -2.36. The van der Waals surface area contributed by atoms with Gasteiger partial charge < -0.3 is 25.5 Å². The van der Waals surface area contributed by atoms with E-state index >= 15 is 0 Å². The van der Waals surface area contributed by atoms with Gasteiger partial charge in [0.05, 0.1) is 16.0 Å². The first kappa shape index (κ1) is 18.8. The van der Waals surface area contributed by atoms with E-state index in [4.69, 9.17) is 10.2 Å². The number of carboxylic acid groups (broad SMARTS) is 2. The molecule has 2 rings (SSSR count). The molecule has 0 amide bonds. The van der Waals surface area contributed by atoms with Crippen LogP contribution in [0.3, 0.4) is 0 Å². The fraction of sp³-hybridized carbons (Fsp3) is 0.286. The quantitative estimate of drug-likeness (QED) is 0.233. The summed E-state index contributed by atoms with van der Waals surface area (Å²) in [6, 6.07) is 1.07. The molecular weight excluding hydrogens is 352 g/mol. The van der Waals surface area contributed by atoms with Crippen LogP contribution in [0.2, 0.25) is 0 Å². The second-order valence-electron chi connectivity index (χ2n) is 5.40. The molecule has 0 fully saturated rings. The molecule has 0 unspecified atom stereocenters. The van der Waals surface area contributed by atoms with Gasteiger partial charge in [0.1, 0.15) is 6.04 Å². The van der Waals surface area contributed by atoms with E-state index in [0.717, 1.165) is 6.07 Å². The molecule has 0 radical (unpaired) electrons. The number of nitrogens with zero attached hydrogens (tertiary/aromatic N) is 1. The molecular formula is C14H14N4O8. The third-order valence-electron chi connectivity index (χ3n) is 3.60. The van der Waals surface area contributed by atoms with E-state index < -0.39 is 46.1 Å². The zero-order valence-electron chi connectivity index (χ0n) is 13.1. The monoisotopic (exact) mass is 366 g/mol. The zero-order chi connectivity index (χ0) is 19.4. The maximum Gasteiger partial charge on any atom is 0.320 e. The summed E-state index contributed by atoms with van der Waals surface area (Å²) in [4.78, 5) is 59.5. The predicted molar refractivity (Wildman–Crippen MR) is 87.0 cm³/mol. The second-order valence-corrected chi connectivity index (χ2v) is 5.40. The standard InChI is InChI=1S/C14H14N4O8/c19-11(20)2-1-7(14(23)24)15-5-6-3-8-9(4-10(6)18(25)26)17-13(22)12(21)16-8/h3-4,7,15H,1-2,5H2,(H,16,21)(H,17,22)(H,19,20)(H,23,24)/t7-/m0/s1. The highest BCUT2D eigenvalue weighted by Gasteiger charge is 2.21. The molecule has 0 spiro atoms. The third-order valence-corrected chi connectivity index (χ3v) is 3.60. The molecule has 0 bridgehead atoms. The van der Waals surface area contributed by atoms with Crippen LogP contribution in [0.5, 0.6) is 0 Å². The Bertz CT molecular complexity index is 993. The maximum absolute atomic E-state index is 11.4. The van der Waals surface area contributed by atoms with Crippen LogP contribution in [0.15, 0.2) is 21.7 Å². The van der Waals surface area contributed by atoms with Gasteiger partial charge in [0.25, 0.3) is 5.69 Å². The van der Waals surface area contributed by atoms with Gasteiger partial charge in [-0.05, 0) is 12.5 Å². The minimum Gasteiger partial charge on any atom is -0.481 e. The second kappa shape index (κ2) is 7.57. The largest absolute Gasteiger partial charge is 0.481 e. The summed E-state index contributed by atoms with van der Waals surface area (Å²) in [5, 5.41) is 31.5. The number of aromatic amines is 2. The molecule has 5 N–H and O–H groups in total. The molecule has 26 heavy (non-hydrogen) atoms. The maximum atomic E-state index is 11.4. The average molecular weight is 366 g/mol. The highest BCUT2D eigenvalue weighted by atomic mass is 16.6. The van der Waals surface area contributed by atoms with Gasteiger partial charge in [-0.2, -0.15) is 0 Å². The number of fused-ring (bicyclic) bond motifs is 1. The Labute approximate surface area is 143 Å². The number of aliphatic carboxylic acids is 2. The average Bonchev–Trinajstić information content (AvgIpc) is 2.54. The molecule has 1 aromatic heterocycles. The van der Waals surface area contributed by atoms with Crippen molar-refractivity contribution in [1.29, 1.82) is 0 Å². The van der Waals surface area contributed by atoms with Gasteiger partial charge in [-0.25, -0.2) is 0 Å². The molecule has 12 nitrogen and oxygen atoms in total. The zero-order valence-corrected chi connectivity index (χ0v) is 13.1. The summed E-state index contributed by atoms with van der Waals surface area (Å²) in [7, 11) is 0. The molecule has 1 aromatic carbocycles. The van der Waals surface area contributed by atoms with Crippen molar-refractivity contribution in [3.63, 3.8) is 0 Å². The topological polar surface area (TPSA) is 195 Å². The van der Waals surface area contributed by atoms with Gasteiger partial charge in [-0.1, -0.05) is 0 Å². The Morgan fingerprint density at radius 2 is 1.73 bits per heavy atom. The van der Waals surface area contributed by atoms with E-state index in [-0.39, 0.29) is 29.6 Å². The first-order chi connectivity index (χ1) is 12.2. The Morgan fingerprint density at radius 1 is 1.15 bits per heavy atom. The molecule has 0 saturated carbocycles. The molecule has 0 aliphatic rings. The number of benzene rings is 1. The van der Waals surface area contributed by atoms with Crippen molar-refractivity contribution in [2.45, 2.75) is 25.4 Å². The normalized spacial score (nSPS) is 12.0. The van der Waals surface area contributed by atoms with Crippen LogP contribution < -0.4 is 16.4 Å². The van der Waals surface area contributed by atoms with Crippen LogP contribution in [0.4, 0.5) is 5.69 Å². The van der Waals surface area contributed by atoms with Gasteiger partial charge in [-0.3, -0.25) is 29.3 Å². The van der Waals surface area contributed by atoms with Crippen molar-refractivity contribution < 1.29 is 24.7 Å². The number of carbonyl (C=O) groups is 2. The van der Waals surface area contributed by atoms with Gasteiger partial charge >= 0.3 is 23.1 Å². The minimum absolute atomic E-state index is 0.0470. The number of aromatic nitrogens is 2. The first-order valence-electron chi connectivity index (χ1n) is 7.30. The number of nitro groups is 1. The number of nitro benzene ring substituents is 1. The van der Waals surface area contributed by atoms with Crippen LogP contribution in [0.1, 0.15) is 18.4 Å². The Balaban J connectivity index is 2.36. The SMILES string of the molecule is O=C(O)CC[C@H](NCc1cc2[nH]c(=O)c(=O)[nH]c2cc1[N+](=O)[O-])C(=O)O. The number of rotatable bonds is 8. The van der Waals surface area contributed by atoms with E-state index in [1.807, 2.05) is 0 Å². The number of H-pyrrole nitrogens is 2. The van der Waals surface area contributed by atoms with Crippen molar-refractivity contribution in [3.05, 3.63) is 48.5 Å². The minimum atomic E-state index is -1.30. The van der Waals surface area contributed by atoms with Gasteiger partial charge in [0.2, 0.25) is 0 Å². The van der Waals surface area contributed by atoms with Crippen molar-refractivity contribution in [2.75, 3.05) is 0 Å². The molecule has 0 saturated heterocycles. The van der Waals surface area contributed by atoms with Gasteiger partial charge in [0, 0.05) is 24.6 Å². The van der Waals surface area contributed by atoms with Crippen LogP contribution in [-0.2, 0) is 16.1 Å². The van der Waals surface area contributed by atoms with Crippen LogP contribution in [0.25, 0.3) is 11.0 Å². The lowest BCUT2D eigenvalue weighted by atomic mass is 10.1. The summed E-state index contributed by atoms with van der Waals surface area (Å²) < 4.78 is 0. The van der Waals surface area contributed by atoms with Crippen molar-refractivity contribution in [3.8, 4) is 0 Å². The van der Waals surface area contributed by atoms with Gasteiger partial charge in [-0.15, -0.1) is 0 Å². The van der Waals surface area contributed by atoms with Crippen molar-refractivity contribution in [1.82, 2.24) is 15.3 Å².